The van der Waals surface area contributed by atoms with Gasteiger partial charge in [0.1, 0.15) is 5.75 Å². The lowest BCUT2D eigenvalue weighted by Crippen LogP contribution is -2.34. The maximum atomic E-state index is 6.57. The van der Waals surface area contributed by atoms with Crippen LogP contribution in [0.5, 0.6) is 5.75 Å². The Hall–Kier alpha value is -1.80. The summed E-state index contributed by atoms with van der Waals surface area (Å²) < 4.78 is 5.20. The standard InChI is InChI=1S/C19H25NO/c1-18(2,3)14-6-8-15(9-7-14)19(4,20)16-10-12-17(21-5)13-11-16/h6-13H,20H2,1-5H3. The van der Waals surface area contributed by atoms with Gasteiger partial charge in [-0.15, -0.1) is 0 Å². The molecule has 21 heavy (non-hydrogen) atoms. The van der Waals surface area contributed by atoms with E-state index in [0.29, 0.717) is 0 Å². The average molecular weight is 283 g/mol. The molecule has 2 rings (SSSR count). The van der Waals surface area contributed by atoms with Crippen molar-refractivity contribution in [2.75, 3.05) is 7.11 Å². The van der Waals surface area contributed by atoms with Crippen molar-refractivity contribution in [3.8, 4) is 5.75 Å². The summed E-state index contributed by atoms with van der Waals surface area (Å²) in [5.41, 5.74) is 9.72. The van der Waals surface area contributed by atoms with Crippen molar-refractivity contribution in [2.24, 2.45) is 5.73 Å². The minimum Gasteiger partial charge on any atom is -0.497 e. The van der Waals surface area contributed by atoms with Crippen LogP contribution >= 0.6 is 0 Å². The summed E-state index contributed by atoms with van der Waals surface area (Å²) in [5.74, 6) is 0.845. The lowest BCUT2D eigenvalue weighted by atomic mass is 9.82. The van der Waals surface area contributed by atoms with Gasteiger partial charge in [-0.3, -0.25) is 0 Å². The SMILES string of the molecule is COc1ccc(C(C)(N)c2ccc(C(C)(C)C)cc2)cc1. The third kappa shape index (κ3) is 3.27. The molecular formula is C19H25NO. The molecule has 2 nitrogen and oxygen atoms in total. The van der Waals surface area contributed by atoms with Crippen LogP contribution < -0.4 is 10.5 Å². The first-order valence-electron chi connectivity index (χ1n) is 7.29. The van der Waals surface area contributed by atoms with Gasteiger partial charge >= 0.3 is 0 Å². The molecule has 1 unspecified atom stereocenters. The van der Waals surface area contributed by atoms with Crippen LogP contribution in [0.3, 0.4) is 0 Å². The summed E-state index contributed by atoms with van der Waals surface area (Å²) in [4.78, 5) is 0. The summed E-state index contributed by atoms with van der Waals surface area (Å²) in [6.45, 7) is 8.69. The van der Waals surface area contributed by atoms with Gasteiger partial charge in [-0.2, -0.15) is 0 Å². The first-order valence-corrected chi connectivity index (χ1v) is 7.29. The highest BCUT2D eigenvalue weighted by Gasteiger charge is 2.24. The maximum Gasteiger partial charge on any atom is 0.118 e. The van der Waals surface area contributed by atoms with E-state index in [0.717, 1.165) is 16.9 Å². The molecule has 0 heterocycles. The molecule has 0 spiro atoms. The lowest BCUT2D eigenvalue weighted by molar-refractivity contribution is 0.414. The second-order valence-corrected chi connectivity index (χ2v) is 6.76. The average Bonchev–Trinajstić information content (AvgIpc) is 2.46. The molecule has 2 N–H and O–H groups in total. The number of ether oxygens (including phenoxy) is 1. The Balaban J connectivity index is 2.34. The fraction of sp³-hybridized carbons (Fsp3) is 0.368. The van der Waals surface area contributed by atoms with Crippen LogP contribution in [0, 0.1) is 0 Å². The number of nitrogens with two attached hydrogens (primary N) is 1. The van der Waals surface area contributed by atoms with Crippen molar-refractivity contribution in [1.82, 2.24) is 0 Å². The molecule has 0 aliphatic carbocycles. The number of methoxy groups -OCH3 is 1. The molecule has 0 saturated heterocycles. The van der Waals surface area contributed by atoms with Crippen molar-refractivity contribution < 1.29 is 4.74 Å². The van der Waals surface area contributed by atoms with Gasteiger partial charge in [-0.1, -0.05) is 57.2 Å². The second-order valence-electron chi connectivity index (χ2n) is 6.76. The van der Waals surface area contributed by atoms with E-state index < -0.39 is 5.54 Å². The van der Waals surface area contributed by atoms with Crippen LogP contribution in [0.4, 0.5) is 0 Å². The van der Waals surface area contributed by atoms with E-state index in [-0.39, 0.29) is 5.41 Å². The van der Waals surface area contributed by atoms with E-state index >= 15 is 0 Å². The number of benzene rings is 2. The zero-order valence-corrected chi connectivity index (χ0v) is 13.6. The van der Waals surface area contributed by atoms with Crippen molar-refractivity contribution in [3.05, 3.63) is 65.2 Å². The van der Waals surface area contributed by atoms with Gasteiger partial charge in [0.05, 0.1) is 12.6 Å². The fourth-order valence-electron chi connectivity index (χ4n) is 2.42. The van der Waals surface area contributed by atoms with Crippen LogP contribution in [0.2, 0.25) is 0 Å². The molecule has 2 aromatic carbocycles. The summed E-state index contributed by atoms with van der Waals surface area (Å²) in [7, 11) is 1.67. The topological polar surface area (TPSA) is 35.2 Å². The molecule has 0 aliphatic heterocycles. The molecule has 1 atom stereocenters. The summed E-state index contributed by atoms with van der Waals surface area (Å²) in [5, 5.41) is 0. The Kier molecular flexibility index (Phi) is 4.11. The Morgan fingerprint density at radius 2 is 1.10 bits per heavy atom. The minimum atomic E-state index is -0.511. The van der Waals surface area contributed by atoms with E-state index in [1.165, 1.54) is 5.56 Å². The van der Waals surface area contributed by atoms with Gasteiger partial charge in [0.15, 0.2) is 0 Å². The van der Waals surface area contributed by atoms with E-state index in [1.807, 2.05) is 31.2 Å². The van der Waals surface area contributed by atoms with Crippen molar-refractivity contribution >= 4 is 0 Å². The normalized spacial score (nSPS) is 14.6. The number of rotatable bonds is 3. The van der Waals surface area contributed by atoms with Crippen LogP contribution in [0.25, 0.3) is 0 Å². The summed E-state index contributed by atoms with van der Waals surface area (Å²) >= 11 is 0. The quantitative estimate of drug-likeness (QED) is 0.915. The first-order chi connectivity index (χ1) is 9.75. The van der Waals surface area contributed by atoms with E-state index in [9.17, 15) is 0 Å². The van der Waals surface area contributed by atoms with Crippen LogP contribution in [-0.2, 0) is 11.0 Å². The molecule has 0 saturated carbocycles. The maximum absolute atomic E-state index is 6.57. The van der Waals surface area contributed by atoms with Crippen molar-refractivity contribution in [3.63, 3.8) is 0 Å². The molecular weight excluding hydrogens is 258 g/mol. The highest BCUT2D eigenvalue weighted by Crippen LogP contribution is 2.30. The van der Waals surface area contributed by atoms with Gasteiger partial charge in [0, 0.05) is 0 Å². The van der Waals surface area contributed by atoms with Gasteiger partial charge in [-0.05, 0) is 41.2 Å². The highest BCUT2D eigenvalue weighted by atomic mass is 16.5. The summed E-state index contributed by atoms with van der Waals surface area (Å²) in [6.07, 6.45) is 0. The smallest absolute Gasteiger partial charge is 0.118 e. The van der Waals surface area contributed by atoms with Gasteiger partial charge in [-0.25, -0.2) is 0 Å². The predicted molar refractivity (Wildman–Crippen MR) is 88.8 cm³/mol. The Labute approximate surface area is 127 Å². The molecule has 2 aromatic rings. The zero-order valence-electron chi connectivity index (χ0n) is 13.6. The third-order valence-corrected chi connectivity index (χ3v) is 4.04. The minimum absolute atomic E-state index is 0.156. The lowest BCUT2D eigenvalue weighted by Gasteiger charge is -2.27. The molecule has 0 radical (unpaired) electrons. The van der Waals surface area contributed by atoms with Crippen LogP contribution in [-0.4, -0.2) is 7.11 Å². The fourth-order valence-corrected chi connectivity index (χ4v) is 2.42. The second kappa shape index (κ2) is 5.53. The van der Waals surface area contributed by atoms with Crippen molar-refractivity contribution in [2.45, 2.75) is 38.6 Å². The Bertz CT molecular complexity index is 589. The highest BCUT2D eigenvalue weighted by molar-refractivity contribution is 5.41. The molecule has 0 bridgehead atoms. The molecule has 0 amide bonds. The van der Waals surface area contributed by atoms with Crippen LogP contribution in [0.1, 0.15) is 44.4 Å². The van der Waals surface area contributed by atoms with Gasteiger partial charge in [0.25, 0.3) is 0 Å². The van der Waals surface area contributed by atoms with Crippen molar-refractivity contribution in [1.29, 1.82) is 0 Å². The summed E-state index contributed by atoms with van der Waals surface area (Å²) in [6, 6.07) is 16.5. The Morgan fingerprint density at radius 3 is 1.48 bits per heavy atom. The largest absolute Gasteiger partial charge is 0.497 e. The molecule has 2 heteroatoms. The van der Waals surface area contributed by atoms with E-state index in [2.05, 4.69) is 45.0 Å². The third-order valence-electron chi connectivity index (χ3n) is 4.04. The first kappa shape index (κ1) is 15.6. The van der Waals surface area contributed by atoms with Crippen LogP contribution in [0.15, 0.2) is 48.5 Å². The molecule has 0 aliphatic rings. The molecule has 0 fully saturated rings. The Morgan fingerprint density at radius 1 is 0.714 bits per heavy atom. The molecule has 112 valence electrons. The van der Waals surface area contributed by atoms with E-state index in [1.54, 1.807) is 7.11 Å². The van der Waals surface area contributed by atoms with E-state index in [4.69, 9.17) is 10.5 Å². The van der Waals surface area contributed by atoms with Gasteiger partial charge < -0.3 is 10.5 Å². The number of hydrogen-bond donors (Lipinski definition) is 1. The zero-order chi connectivity index (χ0) is 15.7. The number of hydrogen-bond acceptors (Lipinski definition) is 2. The van der Waals surface area contributed by atoms with Gasteiger partial charge in [0.2, 0.25) is 0 Å². The monoisotopic (exact) mass is 283 g/mol. The predicted octanol–water partition coefficient (Wildman–Crippen LogP) is 4.21. The molecule has 0 aromatic heterocycles.